The van der Waals surface area contributed by atoms with E-state index in [2.05, 4.69) is 12.2 Å². The van der Waals surface area contributed by atoms with E-state index in [0.717, 1.165) is 19.4 Å². The van der Waals surface area contributed by atoms with Gasteiger partial charge in [0.25, 0.3) is 0 Å². The Balaban J connectivity index is 3.88. The van der Waals surface area contributed by atoms with Crippen LogP contribution in [-0.2, 0) is 4.79 Å². The fourth-order valence-corrected chi connectivity index (χ4v) is 1.34. The summed E-state index contributed by atoms with van der Waals surface area (Å²) in [6.45, 7) is 6.98. The van der Waals surface area contributed by atoms with E-state index in [4.69, 9.17) is 0 Å². The lowest BCUT2D eigenvalue weighted by Crippen LogP contribution is -2.23. The zero-order chi connectivity index (χ0) is 9.56. The summed E-state index contributed by atoms with van der Waals surface area (Å²) < 4.78 is 0. The minimum absolute atomic E-state index is 0.187. The lowest BCUT2D eigenvalue weighted by atomic mass is 9.90. The van der Waals surface area contributed by atoms with E-state index in [1.807, 2.05) is 20.9 Å². The molecule has 0 bridgehead atoms. The van der Waals surface area contributed by atoms with Gasteiger partial charge in [0.15, 0.2) is 0 Å². The second-order valence-corrected chi connectivity index (χ2v) is 3.55. The number of hydrogen-bond acceptors (Lipinski definition) is 2. The van der Waals surface area contributed by atoms with Crippen molar-refractivity contribution in [1.29, 1.82) is 0 Å². The summed E-state index contributed by atoms with van der Waals surface area (Å²) in [5.41, 5.74) is 0. The van der Waals surface area contributed by atoms with E-state index < -0.39 is 0 Å². The van der Waals surface area contributed by atoms with Crippen LogP contribution in [0.1, 0.15) is 33.6 Å². The molecule has 0 radical (unpaired) electrons. The van der Waals surface area contributed by atoms with Crippen molar-refractivity contribution in [3.8, 4) is 0 Å². The van der Waals surface area contributed by atoms with E-state index in [0.29, 0.717) is 5.78 Å². The smallest absolute Gasteiger partial charge is 0.138 e. The molecular weight excluding hydrogens is 150 g/mol. The molecule has 0 fully saturated rings. The summed E-state index contributed by atoms with van der Waals surface area (Å²) in [6.07, 6.45) is 1.95. The third-order valence-electron chi connectivity index (χ3n) is 2.21. The Morgan fingerprint density at radius 3 is 2.33 bits per heavy atom. The monoisotopic (exact) mass is 171 g/mol. The second kappa shape index (κ2) is 6.18. The first-order chi connectivity index (χ1) is 5.63. The molecule has 0 heterocycles. The van der Waals surface area contributed by atoms with Crippen LogP contribution in [0.2, 0.25) is 0 Å². The first kappa shape index (κ1) is 11.6. The van der Waals surface area contributed by atoms with Gasteiger partial charge in [-0.15, -0.1) is 0 Å². The van der Waals surface area contributed by atoms with E-state index in [1.54, 1.807) is 0 Å². The van der Waals surface area contributed by atoms with Crippen LogP contribution in [0.25, 0.3) is 0 Å². The van der Waals surface area contributed by atoms with Crippen LogP contribution < -0.4 is 5.32 Å². The summed E-state index contributed by atoms with van der Waals surface area (Å²) in [5, 5.41) is 3.07. The Bertz CT molecular complexity index is 132. The average Bonchev–Trinajstić information content (AvgIpc) is 2.05. The molecule has 0 spiro atoms. The maximum absolute atomic E-state index is 11.6. The molecule has 0 aliphatic heterocycles. The Labute approximate surface area is 75.7 Å². The summed E-state index contributed by atoms with van der Waals surface area (Å²) in [4.78, 5) is 11.6. The highest BCUT2D eigenvalue weighted by molar-refractivity contribution is 5.82. The van der Waals surface area contributed by atoms with E-state index in [9.17, 15) is 4.79 Å². The molecule has 2 nitrogen and oxygen atoms in total. The number of carbonyl (C=O) groups excluding carboxylic acids is 1. The van der Waals surface area contributed by atoms with Crippen molar-refractivity contribution in [3.63, 3.8) is 0 Å². The lowest BCUT2D eigenvalue weighted by molar-refractivity contribution is -0.126. The molecule has 0 saturated heterocycles. The van der Waals surface area contributed by atoms with Gasteiger partial charge in [-0.2, -0.15) is 0 Å². The maximum atomic E-state index is 11.6. The standard InChI is InChI=1S/C10H21NO/c1-5-9(6-7-11-4)10(12)8(2)3/h8-9,11H,5-7H2,1-4H3. The summed E-state index contributed by atoms with van der Waals surface area (Å²) in [6, 6.07) is 0. The second-order valence-electron chi connectivity index (χ2n) is 3.55. The number of nitrogens with one attached hydrogen (secondary N) is 1. The van der Waals surface area contributed by atoms with Crippen LogP contribution in [0, 0.1) is 11.8 Å². The first-order valence-corrected chi connectivity index (χ1v) is 4.81. The molecule has 0 aliphatic rings. The van der Waals surface area contributed by atoms with Crippen LogP contribution in [0.4, 0.5) is 0 Å². The Morgan fingerprint density at radius 1 is 1.42 bits per heavy atom. The van der Waals surface area contributed by atoms with Gasteiger partial charge >= 0.3 is 0 Å². The molecule has 0 rings (SSSR count). The largest absolute Gasteiger partial charge is 0.320 e. The molecule has 1 atom stereocenters. The number of hydrogen-bond donors (Lipinski definition) is 1. The van der Waals surface area contributed by atoms with Crippen molar-refractivity contribution in [2.75, 3.05) is 13.6 Å². The highest BCUT2D eigenvalue weighted by atomic mass is 16.1. The van der Waals surface area contributed by atoms with E-state index in [1.165, 1.54) is 0 Å². The van der Waals surface area contributed by atoms with Crippen molar-refractivity contribution in [1.82, 2.24) is 5.32 Å². The summed E-state index contributed by atoms with van der Waals surface area (Å²) >= 11 is 0. The molecule has 0 saturated carbocycles. The van der Waals surface area contributed by atoms with Crippen molar-refractivity contribution in [3.05, 3.63) is 0 Å². The Hall–Kier alpha value is -0.370. The Kier molecular flexibility index (Phi) is 5.99. The third-order valence-corrected chi connectivity index (χ3v) is 2.21. The highest BCUT2D eigenvalue weighted by Crippen LogP contribution is 2.14. The molecular formula is C10H21NO. The van der Waals surface area contributed by atoms with Crippen molar-refractivity contribution >= 4 is 5.78 Å². The third kappa shape index (κ3) is 3.86. The minimum atomic E-state index is 0.187. The highest BCUT2D eigenvalue weighted by Gasteiger charge is 2.18. The minimum Gasteiger partial charge on any atom is -0.320 e. The van der Waals surface area contributed by atoms with Gasteiger partial charge in [-0.1, -0.05) is 20.8 Å². The van der Waals surface area contributed by atoms with E-state index >= 15 is 0 Å². The molecule has 72 valence electrons. The predicted octanol–water partition coefficient (Wildman–Crippen LogP) is 1.85. The van der Waals surface area contributed by atoms with Crippen molar-refractivity contribution in [2.45, 2.75) is 33.6 Å². The molecule has 1 unspecified atom stereocenters. The summed E-state index contributed by atoms with van der Waals surface area (Å²) in [5.74, 6) is 0.858. The molecule has 12 heavy (non-hydrogen) atoms. The Morgan fingerprint density at radius 2 is 2.00 bits per heavy atom. The van der Waals surface area contributed by atoms with Crippen LogP contribution in [-0.4, -0.2) is 19.4 Å². The number of Topliss-reactive ketones (excluding diaryl/α,β-unsaturated/α-hetero) is 1. The fourth-order valence-electron chi connectivity index (χ4n) is 1.34. The van der Waals surface area contributed by atoms with Crippen molar-refractivity contribution < 1.29 is 4.79 Å². The van der Waals surface area contributed by atoms with Crippen LogP contribution in [0.15, 0.2) is 0 Å². The summed E-state index contributed by atoms with van der Waals surface area (Å²) in [7, 11) is 1.92. The van der Waals surface area contributed by atoms with Gasteiger partial charge < -0.3 is 5.32 Å². The van der Waals surface area contributed by atoms with Gasteiger partial charge in [0, 0.05) is 11.8 Å². The van der Waals surface area contributed by atoms with Gasteiger partial charge in [-0.05, 0) is 26.4 Å². The molecule has 0 aromatic carbocycles. The SMILES string of the molecule is CCC(CCNC)C(=O)C(C)C. The molecule has 0 aliphatic carbocycles. The molecule has 0 aromatic heterocycles. The zero-order valence-electron chi connectivity index (χ0n) is 8.68. The van der Waals surface area contributed by atoms with Gasteiger partial charge in [0.05, 0.1) is 0 Å². The quantitative estimate of drug-likeness (QED) is 0.660. The molecule has 1 N–H and O–H groups in total. The van der Waals surface area contributed by atoms with Gasteiger partial charge in [-0.3, -0.25) is 4.79 Å². The van der Waals surface area contributed by atoms with Crippen LogP contribution in [0.5, 0.6) is 0 Å². The normalized spacial score (nSPS) is 13.4. The van der Waals surface area contributed by atoms with Crippen molar-refractivity contribution in [2.24, 2.45) is 11.8 Å². The molecule has 0 aromatic rings. The van der Waals surface area contributed by atoms with Gasteiger partial charge in [-0.25, -0.2) is 0 Å². The predicted molar refractivity (Wildman–Crippen MR) is 52.2 cm³/mol. The van der Waals surface area contributed by atoms with Crippen LogP contribution in [0.3, 0.4) is 0 Å². The number of carbonyl (C=O) groups is 1. The lowest BCUT2D eigenvalue weighted by Gasteiger charge is -2.15. The fraction of sp³-hybridized carbons (Fsp3) is 0.900. The zero-order valence-corrected chi connectivity index (χ0v) is 8.68. The maximum Gasteiger partial charge on any atom is 0.138 e. The average molecular weight is 171 g/mol. The number of rotatable bonds is 6. The number of ketones is 1. The van der Waals surface area contributed by atoms with Gasteiger partial charge in [0.2, 0.25) is 0 Å². The van der Waals surface area contributed by atoms with Gasteiger partial charge in [0.1, 0.15) is 5.78 Å². The van der Waals surface area contributed by atoms with E-state index in [-0.39, 0.29) is 11.8 Å². The first-order valence-electron chi connectivity index (χ1n) is 4.81. The molecule has 0 amide bonds. The topological polar surface area (TPSA) is 29.1 Å². The molecule has 2 heteroatoms. The van der Waals surface area contributed by atoms with Crippen LogP contribution >= 0.6 is 0 Å².